The van der Waals surface area contributed by atoms with Crippen LogP contribution in [0, 0.1) is 5.82 Å². The van der Waals surface area contributed by atoms with Gasteiger partial charge in [-0.3, -0.25) is 9.59 Å². The van der Waals surface area contributed by atoms with E-state index in [-0.39, 0.29) is 24.4 Å². The van der Waals surface area contributed by atoms with Crippen LogP contribution in [0.2, 0.25) is 0 Å². The van der Waals surface area contributed by atoms with E-state index in [2.05, 4.69) is 0 Å². The highest BCUT2D eigenvalue weighted by molar-refractivity contribution is 6.06. The number of aliphatic carboxylic acids is 1. The zero-order valence-corrected chi connectivity index (χ0v) is 12.2. The molecule has 118 valence electrons. The van der Waals surface area contributed by atoms with E-state index in [1.807, 2.05) is 0 Å². The van der Waals surface area contributed by atoms with Gasteiger partial charge < -0.3 is 9.84 Å². The van der Waals surface area contributed by atoms with Crippen LogP contribution >= 0.6 is 0 Å². The van der Waals surface area contributed by atoms with Gasteiger partial charge in [-0.15, -0.1) is 0 Å². The van der Waals surface area contributed by atoms with Crippen molar-refractivity contribution in [3.63, 3.8) is 0 Å². The van der Waals surface area contributed by atoms with Crippen molar-refractivity contribution in [1.82, 2.24) is 0 Å². The van der Waals surface area contributed by atoms with E-state index in [0.29, 0.717) is 5.75 Å². The summed E-state index contributed by atoms with van der Waals surface area (Å²) in [6.45, 7) is 0.0741. The molecule has 0 fully saturated rings. The van der Waals surface area contributed by atoms with Gasteiger partial charge in [-0.05, 0) is 35.9 Å². The number of halogens is 1. The minimum absolute atomic E-state index is 0.0741. The van der Waals surface area contributed by atoms with Gasteiger partial charge in [-0.2, -0.15) is 0 Å². The lowest BCUT2D eigenvalue weighted by Crippen LogP contribution is -2.04. The molecule has 0 aliphatic heterocycles. The number of rotatable bonds is 7. The third-order valence-electron chi connectivity index (χ3n) is 2.98. The second-order valence-electron chi connectivity index (χ2n) is 4.77. The number of carbonyl (C=O) groups is 2. The highest BCUT2D eigenvalue weighted by atomic mass is 19.1. The minimum atomic E-state index is -0.929. The first-order chi connectivity index (χ1) is 11.0. The first-order valence-corrected chi connectivity index (χ1v) is 6.97. The van der Waals surface area contributed by atoms with Crippen LogP contribution in [-0.4, -0.2) is 23.5 Å². The van der Waals surface area contributed by atoms with Gasteiger partial charge in [0.15, 0.2) is 5.78 Å². The predicted octanol–water partition coefficient (Wildman–Crippen LogP) is 3.58. The molecule has 0 aromatic heterocycles. The molecule has 0 saturated carbocycles. The molecule has 2 rings (SSSR count). The van der Waals surface area contributed by atoms with Crippen LogP contribution in [0.15, 0.2) is 54.6 Å². The second kappa shape index (κ2) is 7.89. The molecule has 0 spiro atoms. The SMILES string of the molecule is O=C(O)CCOc1cccc(/C=C/C(=O)c2cccc(F)c2)c1. The van der Waals surface area contributed by atoms with Crippen LogP contribution in [0.1, 0.15) is 22.3 Å². The highest BCUT2D eigenvalue weighted by Gasteiger charge is 2.03. The Bertz CT molecular complexity index is 737. The van der Waals surface area contributed by atoms with Crippen molar-refractivity contribution in [3.05, 3.63) is 71.6 Å². The summed E-state index contributed by atoms with van der Waals surface area (Å²) in [4.78, 5) is 22.4. The topological polar surface area (TPSA) is 63.6 Å². The van der Waals surface area contributed by atoms with Gasteiger partial charge in [0.25, 0.3) is 0 Å². The van der Waals surface area contributed by atoms with Gasteiger partial charge in [-0.25, -0.2) is 4.39 Å². The number of hydrogen-bond acceptors (Lipinski definition) is 3. The van der Waals surface area contributed by atoms with Gasteiger partial charge in [0.2, 0.25) is 0 Å². The van der Waals surface area contributed by atoms with Crippen LogP contribution in [0.4, 0.5) is 4.39 Å². The first-order valence-electron chi connectivity index (χ1n) is 6.97. The number of allylic oxidation sites excluding steroid dienone is 1. The average Bonchev–Trinajstić information content (AvgIpc) is 2.52. The molecule has 0 heterocycles. The Hall–Kier alpha value is -2.95. The maximum absolute atomic E-state index is 13.1. The van der Waals surface area contributed by atoms with E-state index in [9.17, 15) is 14.0 Å². The summed E-state index contributed by atoms with van der Waals surface area (Å²) < 4.78 is 18.4. The van der Waals surface area contributed by atoms with Gasteiger partial charge in [0.1, 0.15) is 11.6 Å². The molecule has 1 N–H and O–H groups in total. The van der Waals surface area contributed by atoms with Crippen molar-refractivity contribution in [2.24, 2.45) is 0 Å². The Labute approximate surface area is 132 Å². The standard InChI is InChI=1S/C18H15FO4/c19-15-5-2-4-14(12-15)17(20)8-7-13-3-1-6-16(11-13)23-10-9-18(21)22/h1-8,11-12H,9-10H2,(H,21,22)/b8-7+. The summed E-state index contributed by atoms with van der Waals surface area (Å²) in [7, 11) is 0. The fraction of sp³-hybridized carbons (Fsp3) is 0.111. The summed E-state index contributed by atoms with van der Waals surface area (Å²) in [5.74, 6) is -1.17. The zero-order chi connectivity index (χ0) is 16.7. The molecule has 5 heteroatoms. The molecule has 2 aromatic carbocycles. The number of ketones is 1. The molecule has 0 radical (unpaired) electrons. The van der Waals surface area contributed by atoms with E-state index >= 15 is 0 Å². The van der Waals surface area contributed by atoms with Crippen molar-refractivity contribution in [2.75, 3.05) is 6.61 Å². The van der Waals surface area contributed by atoms with Gasteiger partial charge in [-0.1, -0.05) is 30.3 Å². The van der Waals surface area contributed by atoms with E-state index < -0.39 is 11.8 Å². The number of benzene rings is 2. The Morgan fingerprint density at radius 2 is 1.91 bits per heavy atom. The summed E-state index contributed by atoms with van der Waals surface area (Å²) in [5, 5.41) is 8.56. The maximum atomic E-state index is 13.1. The van der Waals surface area contributed by atoms with Crippen LogP contribution in [0.5, 0.6) is 5.75 Å². The van der Waals surface area contributed by atoms with Crippen molar-refractivity contribution >= 4 is 17.8 Å². The van der Waals surface area contributed by atoms with Crippen LogP contribution < -0.4 is 4.74 Å². The molecular formula is C18H15FO4. The van der Waals surface area contributed by atoms with E-state index in [4.69, 9.17) is 9.84 Å². The fourth-order valence-electron chi connectivity index (χ4n) is 1.87. The Morgan fingerprint density at radius 1 is 1.13 bits per heavy atom. The number of carboxylic acids is 1. The van der Waals surface area contributed by atoms with E-state index in [1.54, 1.807) is 36.4 Å². The molecule has 23 heavy (non-hydrogen) atoms. The van der Waals surface area contributed by atoms with Crippen molar-refractivity contribution in [2.45, 2.75) is 6.42 Å². The second-order valence-corrected chi connectivity index (χ2v) is 4.77. The number of hydrogen-bond donors (Lipinski definition) is 1. The summed E-state index contributed by atoms with van der Waals surface area (Å²) in [6.07, 6.45) is 2.86. The third kappa shape index (κ3) is 5.39. The monoisotopic (exact) mass is 314 g/mol. The first kappa shape index (κ1) is 16.4. The highest BCUT2D eigenvalue weighted by Crippen LogP contribution is 2.15. The number of carboxylic acid groups (broad SMARTS) is 1. The smallest absolute Gasteiger partial charge is 0.306 e. The molecule has 0 aliphatic carbocycles. The normalized spacial score (nSPS) is 10.7. The summed E-state index contributed by atoms with van der Waals surface area (Å²) in [5.41, 5.74) is 0.998. The molecular weight excluding hydrogens is 299 g/mol. The molecule has 4 nitrogen and oxygen atoms in total. The predicted molar refractivity (Wildman–Crippen MR) is 84.0 cm³/mol. The molecule has 0 saturated heterocycles. The van der Waals surface area contributed by atoms with E-state index in [0.717, 1.165) is 5.56 Å². The Morgan fingerprint density at radius 3 is 2.65 bits per heavy atom. The van der Waals surface area contributed by atoms with Gasteiger partial charge in [0, 0.05) is 5.56 Å². The van der Waals surface area contributed by atoms with Crippen LogP contribution in [0.3, 0.4) is 0 Å². The van der Waals surface area contributed by atoms with Crippen molar-refractivity contribution in [1.29, 1.82) is 0 Å². The Kier molecular flexibility index (Phi) is 5.63. The zero-order valence-electron chi connectivity index (χ0n) is 12.2. The third-order valence-corrected chi connectivity index (χ3v) is 2.98. The lowest BCUT2D eigenvalue weighted by atomic mass is 10.1. The van der Waals surface area contributed by atoms with Crippen LogP contribution in [-0.2, 0) is 4.79 Å². The lowest BCUT2D eigenvalue weighted by Gasteiger charge is -2.05. The maximum Gasteiger partial charge on any atom is 0.306 e. The molecule has 0 amide bonds. The average molecular weight is 314 g/mol. The fourth-order valence-corrected chi connectivity index (χ4v) is 1.87. The number of ether oxygens (including phenoxy) is 1. The molecule has 0 atom stereocenters. The molecule has 0 bridgehead atoms. The quantitative estimate of drug-likeness (QED) is 0.627. The van der Waals surface area contributed by atoms with Crippen molar-refractivity contribution < 1.29 is 23.8 Å². The van der Waals surface area contributed by atoms with Gasteiger partial charge >= 0.3 is 5.97 Å². The van der Waals surface area contributed by atoms with Crippen molar-refractivity contribution in [3.8, 4) is 5.75 Å². The lowest BCUT2D eigenvalue weighted by molar-refractivity contribution is -0.137. The number of carbonyl (C=O) groups excluding carboxylic acids is 1. The molecule has 0 aliphatic rings. The van der Waals surface area contributed by atoms with E-state index in [1.165, 1.54) is 24.3 Å². The minimum Gasteiger partial charge on any atom is -0.493 e. The summed E-state index contributed by atoms with van der Waals surface area (Å²) in [6, 6.07) is 12.4. The Balaban J connectivity index is 2.02. The molecule has 2 aromatic rings. The summed E-state index contributed by atoms with van der Waals surface area (Å²) >= 11 is 0. The van der Waals surface area contributed by atoms with Crippen LogP contribution in [0.25, 0.3) is 6.08 Å². The largest absolute Gasteiger partial charge is 0.493 e. The van der Waals surface area contributed by atoms with Gasteiger partial charge in [0.05, 0.1) is 13.0 Å². The molecule has 0 unspecified atom stereocenters.